The molecule has 0 unspecified atom stereocenters. The summed E-state index contributed by atoms with van der Waals surface area (Å²) < 4.78 is 0. The molecular formula is C57H38N4. The summed E-state index contributed by atoms with van der Waals surface area (Å²) in [5, 5.41) is 30.3. The molecular weight excluding hydrogens is 741 g/mol. The van der Waals surface area contributed by atoms with E-state index in [1.807, 2.05) is 76.2 Å². The van der Waals surface area contributed by atoms with Gasteiger partial charge in [-0.3, -0.25) is 0 Å². The summed E-state index contributed by atoms with van der Waals surface area (Å²) in [7, 11) is 0. The van der Waals surface area contributed by atoms with Crippen LogP contribution in [0.5, 0.6) is 0 Å². The van der Waals surface area contributed by atoms with Crippen LogP contribution in [0.25, 0.3) is 60.5 Å². The van der Waals surface area contributed by atoms with Crippen LogP contribution in [0.2, 0.25) is 0 Å². The van der Waals surface area contributed by atoms with E-state index in [1.165, 1.54) is 0 Å². The number of nitriles is 3. The quantitative estimate of drug-likeness (QED) is 0.158. The third-order valence-electron chi connectivity index (χ3n) is 11.8. The lowest BCUT2D eigenvalue weighted by Gasteiger charge is -2.35. The summed E-state index contributed by atoms with van der Waals surface area (Å²) in [6.07, 6.45) is 0. The monoisotopic (exact) mass is 778 g/mol. The Labute approximate surface area is 357 Å². The molecule has 4 heteroatoms. The molecule has 286 valence electrons. The number of fused-ring (bicyclic) bond motifs is 3. The third-order valence-corrected chi connectivity index (χ3v) is 11.8. The van der Waals surface area contributed by atoms with Gasteiger partial charge in [0.2, 0.25) is 0 Å². The van der Waals surface area contributed by atoms with E-state index in [0.29, 0.717) is 22.4 Å². The van der Waals surface area contributed by atoms with E-state index in [0.717, 1.165) is 100 Å². The summed E-state index contributed by atoms with van der Waals surface area (Å²) in [5.74, 6) is 0. The van der Waals surface area contributed by atoms with Crippen LogP contribution in [0.15, 0.2) is 158 Å². The fraction of sp³-hybridized carbons (Fsp3) is 0.0877. The van der Waals surface area contributed by atoms with Gasteiger partial charge in [-0.15, -0.1) is 0 Å². The molecule has 1 aliphatic carbocycles. The first-order valence-corrected chi connectivity index (χ1v) is 20.2. The van der Waals surface area contributed by atoms with E-state index in [2.05, 4.69) is 132 Å². The van der Waals surface area contributed by atoms with Crippen molar-refractivity contribution in [1.82, 2.24) is 0 Å². The maximum atomic E-state index is 10.1. The lowest BCUT2D eigenvalue weighted by Crippen LogP contribution is -2.29. The molecule has 0 saturated heterocycles. The minimum absolute atomic E-state index is 0.567. The van der Waals surface area contributed by atoms with Crippen molar-refractivity contribution in [3.8, 4) is 73.8 Å². The van der Waals surface area contributed by atoms with Gasteiger partial charge in [0.25, 0.3) is 0 Å². The van der Waals surface area contributed by atoms with Crippen molar-refractivity contribution in [1.29, 1.82) is 15.8 Å². The average molecular weight is 779 g/mol. The Morgan fingerprint density at radius 2 is 0.721 bits per heavy atom. The zero-order valence-corrected chi connectivity index (χ0v) is 34.3. The predicted molar refractivity (Wildman–Crippen MR) is 245 cm³/mol. The van der Waals surface area contributed by atoms with E-state index < -0.39 is 5.41 Å². The van der Waals surface area contributed by atoms with Crippen LogP contribution in [0.3, 0.4) is 0 Å². The predicted octanol–water partition coefficient (Wildman–Crippen LogP) is 14.1. The summed E-state index contributed by atoms with van der Waals surface area (Å²) in [6, 6.07) is 61.8. The maximum Gasteiger partial charge on any atom is 0.188 e. The smallest absolute Gasteiger partial charge is 0.188 e. The Kier molecular flexibility index (Phi) is 9.50. The molecule has 9 rings (SSSR count). The van der Waals surface area contributed by atoms with Gasteiger partial charge >= 0.3 is 0 Å². The van der Waals surface area contributed by atoms with Crippen molar-refractivity contribution in [2.24, 2.45) is 0 Å². The fourth-order valence-electron chi connectivity index (χ4n) is 9.42. The van der Waals surface area contributed by atoms with Gasteiger partial charge in [0, 0.05) is 0 Å². The topological polar surface area (TPSA) is 75.7 Å². The largest absolute Gasteiger partial charge is 0.238 e. The van der Waals surface area contributed by atoms with Crippen molar-refractivity contribution in [3.05, 3.63) is 230 Å². The molecule has 0 aliphatic heterocycles. The standard InChI is InChI=1S/C57H38N4/c1-35-14-39(32-58)22-42(17-35)46-25-47(43-18-36(2)15-40(23-43)33-59)28-50(27-46)57(55-12-8-6-10-53(55)54-11-7-9-13-56(54)57)51-29-48(44-19-37(3)16-41(24-44)34-60)26-49(30-51)45-20-38(4)21-52(31-45)61-5/h6-31H,1-4H3. The first kappa shape index (κ1) is 38.2. The van der Waals surface area contributed by atoms with E-state index in [-0.39, 0.29) is 0 Å². The second kappa shape index (κ2) is 15.1. The van der Waals surface area contributed by atoms with Crippen LogP contribution in [0.1, 0.15) is 61.2 Å². The van der Waals surface area contributed by atoms with Crippen LogP contribution in [0.4, 0.5) is 5.69 Å². The second-order valence-corrected chi connectivity index (χ2v) is 16.2. The fourth-order valence-corrected chi connectivity index (χ4v) is 9.42. The Bertz CT molecular complexity index is 2920. The van der Waals surface area contributed by atoms with Crippen LogP contribution in [-0.2, 0) is 5.41 Å². The minimum atomic E-state index is -0.874. The van der Waals surface area contributed by atoms with E-state index >= 15 is 0 Å². The molecule has 0 bridgehead atoms. The van der Waals surface area contributed by atoms with E-state index in [4.69, 9.17) is 6.57 Å². The molecule has 0 amide bonds. The number of nitrogens with zero attached hydrogens (tertiary/aromatic N) is 4. The average Bonchev–Trinajstić information content (AvgIpc) is 3.59. The molecule has 8 aromatic rings. The molecule has 61 heavy (non-hydrogen) atoms. The van der Waals surface area contributed by atoms with Gasteiger partial charge < -0.3 is 0 Å². The van der Waals surface area contributed by atoms with Crippen LogP contribution < -0.4 is 0 Å². The highest BCUT2D eigenvalue weighted by atomic mass is 14.6. The Morgan fingerprint density at radius 3 is 1.08 bits per heavy atom. The SMILES string of the molecule is [C-]#[N+]c1cc(C)cc(-c2cc(-c3cc(C)cc(C#N)c3)cc(C3(c4cc(-c5cc(C)cc(C#N)c5)cc(-c5cc(C)cc(C#N)c5)c4)c4ccccc4-c4ccccc43)c2)c1. The molecule has 8 aromatic carbocycles. The zero-order valence-electron chi connectivity index (χ0n) is 34.3. The minimum Gasteiger partial charge on any atom is -0.238 e. The van der Waals surface area contributed by atoms with Gasteiger partial charge in [-0.25, -0.2) is 4.85 Å². The normalized spacial score (nSPS) is 12.0. The molecule has 0 aromatic heterocycles. The number of aryl methyl sites for hydroxylation is 4. The molecule has 4 nitrogen and oxygen atoms in total. The van der Waals surface area contributed by atoms with E-state index in [1.54, 1.807) is 0 Å². The van der Waals surface area contributed by atoms with Gasteiger partial charge in [0.15, 0.2) is 5.69 Å². The highest BCUT2D eigenvalue weighted by Gasteiger charge is 2.46. The first-order valence-electron chi connectivity index (χ1n) is 20.2. The van der Waals surface area contributed by atoms with Crippen molar-refractivity contribution >= 4 is 5.69 Å². The number of benzene rings is 8. The number of hydrogen-bond acceptors (Lipinski definition) is 3. The highest BCUT2D eigenvalue weighted by Crippen LogP contribution is 2.58. The van der Waals surface area contributed by atoms with Crippen molar-refractivity contribution in [3.63, 3.8) is 0 Å². The Hall–Kier alpha value is -8.28. The van der Waals surface area contributed by atoms with Gasteiger partial charge in [-0.05, 0) is 201 Å². The Balaban J connectivity index is 1.46. The van der Waals surface area contributed by atoms with Gasteiger partial charge in [-0.2, -0.15) is 15.8 Å². The molecule has 0 radical (unpaired) electrons. The molecule has 0 fully saturated rings. The second-order valence-electron chi connectivity index (χ2n) is 16.2. The summed E-state index contributed by atoms with van der Waals surface area (Å²) >= 11 is 0. The van der Waals surface area contributed by atoms with Crippen molar-refractivity contribution in [2.75, 3.05) is 0 Å². The maximum absolute atomic E-state index is 10.1. The molecule has 0 saturated carbocycles. The van der Waals surface area contributed by atoms with Gasteiger partial charge in [0.05, 0.1) is 46.9 Å². The lowest BCUT2D eigenvalue weighted by molar-refractivity contribution is 0.770. The summed E-state index contributed by atoms with van der Waals surface area (Å²) in [4.78, 5) is 3.84. The summed E-state index contributed by atoms with van der Waals surface area (Å²) in [5.41, 5.74) is 19.5. The molecule has 0 atom stereocenters. The van der Waals surface area contributed by atoms with Gasteiger partial charge in [-0.1, -0.05) is 84.4 Å². The number of hydrogen-bond donors (Lipinski definition) is 0. The van der Waals surface area contributed by atoms with Crippen molar-refractivity contribution in [2.45, 2.75) is 33.1 Å². The molecule has 0 heterocycles. The molecule has 0 spiro atoms. The Morgan fingerprint density at radius 1 is 0.393 bits per heavy atom. The molecule has 0 N–H and O–H groups in total. The zero-order chi connectivity index (χ0) is 42.4. The van der Waals surface area contributed by atoms with Crippen molar-refractivity contribution < 1.29 is 0 Å². The highest BCUT2D eigenvalue weighted by molar-refractivity contribution is 5.90. The van der Waals surface area contributed by atoms with Crippen LogP contribution in [-0.4, -0.2) is 0 Å². The molecule has 1 aliphatic rings. The van der Waals surface area contributed by atoms with Crippen LogP contribution in [0, 0.1) is 68.3 Å². The lowest BCUT2D eigenvalue weighted by atomic mass is 9.66. The summed E-state index contributed by atoms with van der Waals surface area (Å²) in [6.45, 7) is 16.0. The van der Waals surface area contributed by atoms with E-state index in [9.17, 15) is 15.8 Å². The van der Waals surface area contributed by atoms with Crippen LogP contribution >= 0.6 is 0 Å². The number of rotatable bonds is 6. The first-order chi connectivity index (χ1) is 29.6. The third kappa shape index (κ3) is 6.74. The van der Waals surface area contributed by atoms with Gasteiger partial charge in [0.1, 0.15) is 0 Å².